The monoisotopic (exact) mass is 546 g/mol. The van der Waals surface area contributed by atoms with E-state index in [0.717, 1.165) is 24.2 Å². The minimum Gasteiger partial charge on any atom is -0.382 e. The van der Waals surface area contributed by atoms with Crippen LogP contribution < -0.4 is 22.1 Å². The van der Waals surface area contributed by atoms with Crippen LogP contribution in [-0.4, -0.2) is 38.8 Å². The van der Waals surface area contributed by atoms with Gasteiger partial charge in [-0.2, -0.15) is 5.26 Å². The topological polar surface area (TPSA) is 173 Å². The van der Waals surface area contributed by atoms with Gasteiger partial charge in [0.25, 0.3) is 0 Å². The second-order valence-electron chi connectivity index (χ2n) is 9.13. The molecular weight excluding hydrogens is 512 g/mol. The highest BCUT2D eigenvalue weighted by Gasteiger charge is 2.26. The minimum absolute atomic E-state index is 0.0372. The zero-order chi connectivity index (χ0) is 28.4. The molecule has 11 heteroatoms. The fourth-order valence-corrected chi connectivity index (χ4v) is 4.77. The van der Waals surface area contributed by atoms with E-state index in [4.69, 9.17) is 11.5 Å². The first-order valence-corrected chi connectivity index (χ1v) is 13.7. The largest absolute Gasteiger partial charge is 0.382 e. The highest BCUT2D eigenvalue weighted by molar-refractivity contribution is 7.98. The number of nitrogens with one attached hydrogen (secondary N) is 2. The van der Waals surface area contributed by atoms with Crippen molar-refractivity contribution in [1.82, 2.24) is 20.3 Å². The van der Waals surface area contributed by atoms with Gasteiger partial charge in [-0.3, -0.25) is 14.6 Å². The molecule has 2 amide bonds. The molecule has 10 nitrogen and oxygen atoms in total. The van der Waals surface area contributed by atoms with Crippen molar-refractivity contribution >= 4 is 35.1 Å². The van der Waals surface area contributed by atoms with Crippen molar-refractivity contribution in [2.75, 3.05) is 17.6 Å². The van der Waals surface area contributed by atoms with Gasteiger partial charge in [-0.25, -0.2) is 9.97 Å². The Kier molecular flexibility index (Phi) is 10.4. The van der Waals surface area contributed by atoms with E-state index in [9.17, 15) is 14.9 Å². The van der Waals surface area contributed by atoms with Crippen molar-refractivity contribution in [2.45, 2.75) is 62.9 Å². The van der Waals surface area contributed by atoms with Crippen molar-refractivity contribution in [3.05, 3.63) is 59.4 Å². The molecule has 3 aromatic rings. The number of aromatic nitrogens is 3. The van der Waals surface area contributed by atoms with Crippen LogP contribution in [0.15, 0.2) is 47.6 Å². The highest BCUT2D eigenvalue weighted by Crippen LogP contribution is 2.29. The van der Waals surface area contributed by atoms with Crippen LogP contribution in [0.1, 0.15) is 57.0 Å². The third-order valence-electron chi connectivity index (χ3n) is 6.48. The fourth-order valence-electron chi connectivity index (χ4n) is 4.01. The predicted molar refractivity (Wildman–Crippen MR) is 154 cm³/mol. The Morgan fingerprint density at radius 2 is 1.74 bits per heavy atom. The second-order valence-corrected chi connectivity index (χ2v) is 10.1. The average Bonchev–Trinajstić information content (AvgIpc) is 2.94. The molecule has 0 aliphatic heterocycles. The molecule has 0 aliphatic rings. The summed E-state index contributed by atoms with van der Waals surface area (Å²) in [6.07, 6.45) is 2.40. The Hall–Kier alpha value is -4.01. The van der Waals surface area contributed by atoms with Gasteiger partial charge in [0.05, 0.1) is 16.9 Å². The lowest BCUT2D eigenvalue weighted by molar-refractivity contribution is -0.123. The summed E-state index contributed by atoms with van der Waals surface area (Å²) in [5.41, 5.74) is 15.2. The summed E-state index contributed by atoms with van der Waals surface area (Å²) in [5, 5.41) is 15.9. The maximum absolute atomic E-state index is 12.5. The molecule has 0 spiro atoms. The lowest BCUT2D eigenvalue weighted by Gasteiger charge is -2.31. The predicted octanol–water partition coefficient (Wildman–Crippen LogP) is 3.81. The number of anilines is 2. The number of carbonyl (C=O) groups is 2. The smallest absolute Gasteiger partial charge is 0.221 e. The first kappa shape index (κ1) is 29.5. The van der Waals surface area contributed by atoms with Gasteiger partial charge in [0.1, 0.15) is 17.5 Å². The van der Waals surface area contributed by atoms with Crippen LogP contribution in [0.4, 0.5) is 11.5 Å². The number of nitrogens with two attached hydrogens (primary N) is 2. The van der Waals surface area contributed by atoms with Crippen molar-refractivity contribution in [2.24, 2.45) is 5.73 Å². The Morgan fingerprint density at radius 1 is 1.05 bits per heavy atom. The molecule has 0 bridgehead atoms. The lowest BCUT2D eigenvalue weighted by Crippen LogP contribution is -2.52. The number of pyridine rings is 1. The van der Waals surface area contributed by atoms with Gasteiger partial charge in [-0.15, -0.1) is 0 Å². The van der Waals surface area contributed by atoms with Gasteiger partial charge in [0, 0.05) is 42.6 Å². The molecule has 2 heterocycles. The molecule has 1 aromatic carbocycles. The number of nitrogens with zero attached hydrogens (tertiary/aromatic N) is 4. The Bertz CT molecular complexity index is 1340. The number of nitrogen functional groups attached to an aromatic ring is 1. The number of hydrogen-bond acceptors (Lipinski definition) is 9. The van der Waals surface area contributed by atoms with E-state index >= 15 is 0 Å². The summed E-state index contributed by atoms with van der Waals surface area (Å²) in [6.45, 7) is 5.89. The molecule has 0 radical (unpaired) electrons. The van der Waals surface area contributed by atoms with E-state index in [1.165, 1.54) is 18.7 Å². The molecule has 0 unspecified atom stereocenters. The average molecular weight is 547 g/mol. The van der Waals surface area contributed by atoms with Crippen molar-refractivity contribution < 1.29 is 9.59 Å². The molecule has 3 rings (SSSR count). The van der Waals surface area contributed by atoms with E-state index in [1.54, 1.807) is 24.3 Å². The third kappa shape index (κ3) is 7.99. The van der Waals surface area contributed by atoms with Crippen LogP contribution in [0, 0.1) is 11.3 Å². The van der Waals surface area contributed by atoms with Gasteiger partial charge < -0.3 is 22.1 Å². The first-order chi connectivity index (χ1) is 18.7. The molecule has 0 fully saturated rings. The summed E-state index contributed by atoms with van der Waals surface area (Å²) in [7, 11) is 0. The zero-order valence-corrected chi connectivity index (χ0v) is 23.3. The number of rotatable bonds is 12. The van der Waals surface area contributed by atoms with Crippen molar-refractivity contribution in [3.63, 3.8) is 0 Å². The maximum Gasteiger partial charge on any atom is 0.221 e. The number of carbonyl (C=O) groups excluding carboxylic acids is 2. The van der Waals surface area contributed by atoms with E-state index < -0.39 is 0 Å². The summed E-state index contributed by atoms with van der Waals surface area (Å²) < 4.78 is 0. The number of benzene rings is 1. The molecular formula is C28H34N8O2S. The molecule has 6 N–H and O–H groups in total. The van der Waals surface area contributed by atoms with Crippen molar-refractivity contribution in [1.29, 1.82) is 5.26 Å². The quantitative estimate of drug-likeness (QED) is 0.195. The Morgan fingerprint density at radius 3 is 2.36 bits per heavy atom. The van der Waals surface area contributed by atoms with Crippen LogP contribution in [0.5, 0.6) is 0 Å². The van der Waals surface area contributed by atoms with Crippen LogP contribution >= 0.6 is 11.8 Å². The summed E-state index contributed by atoms with van der Waals surface area (Å²) >= 11 is 1.35. The van der Waals surface area contributed by atoms with E-state index in [-0.39, 0.29) is 28.7 Å². The maximum atomic E-state index is 12.5. The Labute approximate surface area is 233 Å². The van der Waals surface area contributed by atoms with Gasteiger partial charge in [0.2, 0.25) is 11.8 Å². The fraction of sp³-hybridized carbons (Fsp3) is 0.357. The van der Waals surface area contributed by atoms with Gasteiger partial charge in [-0.1, -0.05) is 43.8 Å². The third-order valence-corrected chi connectivity index (χ3v) is 7.36. The molecule has 0 aliphatic carbocycles. The number of thioether (sulfide) groups is 1. The van der Waals surface area contributed by atoms with Gasteiger partial charge in [0.15, 0.2) is 5.16 Å². The summed E-state index contributed by atoms with van der Waals surface area (Å²) in [6, 6.07) is 14.8. The highest BCUT2D eigenvalue weighted by atomic mass is 32.2. The molecule has 204 valence electrons. The van der Waals surface area contributed by atoms with E-state index in [2.05, 4.69) is 31.7 Å². The lowest BCUT2D eigenvalue weighted by atomic mass is 9.92. The summed E-state index contributed by atoms with van der Waals surface area (Å²) in [5.74, 6) is 0.364. The number of hydrogen-bond donors (Lipinski definition) is 4. The van der Waals surface area contributed by atoms with E-state index in [1.807, 2.05) is 32.0 Å². The SMILES string of the molecule is CCC(CC)(CN)NC(=O)CCc1cccc(CSc2nc(N)c(C#N)c(-c3ccc(NC(C)=O)cc3)n2)n1. The number of aryl methyl sites for hydroxylation is 1. The van der Waals surface area contributed by atoms with Gasteiger partial charge >= 0.3 is 0 Å². The second kappa shape index (κ2) is 13.7. The Balaban J connectivity index is 1.69. The van der Waals surface area contributed by atoms with E-state index in [0.29, 0.717) is 47.2 Å². The van der Waals surface area contributed by atoms with Gasteiger partial charge in [-0.05, 0) is 43.5 Å². The van der Waals surface area contributed by atoms with Crippen molar-refractivity contribution in [3.8, 4) is 17.3 Å². The number of amides is 2. The minimum atomic E-state index is -0.363. The van der Waals surface area contributed by atoms with Crippen LogP contribution in [0.25, 0.3) is 11.3 Å². The standard InChI is InChI=1S/C28H34N8O2S/c1-4-28(5-2,17-30)36-24(38)14-13-20-7-6-8-22(33-20)16-39-27-34-25(23(15-29)26(31)35-27)19-9-11-21(12-10-19)32-18(3)37/h6-12H,4-5,13-14,16-17,30H2,1-3H3,(H,32,37)(H,36,38)(H2,31,34,35). The normalized spacial score (nSPS) is 11.1. The van der Waals surface area contributed by atoms with Crippen LogP contribution in [0.3, 0.4) is 0 Å². The van der Waals surface area contributed by atoms with Crippen LogP contribution in [0.2, 0.25) is 0 Å². The molecule has 0 atom stereocenters. The van der Waals surface area contributed by atoms with Crippen LogP contribution in [-0.2, 0) is 21.8 Å². The molecule has 39 heavy (non-hydrogen) atoms. The molecule has 0 saturated carbocycles. The number of nitriles is 1. The molecule has 0 saturated heterocycles. The zero-order valence-electron chi connectivity index (χ0n) is 22.5. The molecule has 2 aromatic heterocycles. The first-order valence-electron chi connectivity index (χ1n) is 12.8. The summed E-state index contributed by atoms with van der Waals surface area (Å²) in [4.78, 5) is 37.4.